The topological polar surface area (TPSA) is 216 Å². The molecule has 0 aliphatic carbocycles. The van der Waals surface area contributed by atoms with E-state index in [-0.39, 0.29) is 6.29 Å². The van der Waals surface area contributed by atoms with Crippen molar-refractivity contribution < 1.29 is 64.6 Å². The third-order valence-corrected chi connectivity index (χ3v) is 4.60. The van der Waals surface area contributed by atoms with Crippen molar-refractivity contribution in [3.8, 4) is 0 Å². The summed E-state index contributed by atoms with van der Waals surface area (Å²) in [6.45, 7) is -2.17. The van der Waals surface area contributed by atoms with Gasteiger partial charge in [0, 0.05) is 0 Å². The predicted molar refractivity (Wildman–Crippen MR) is 84.4 cm³/mol. The summed E-state index contributed by atoms with van der Waals surface area (Å²) < 4.78 is 20.8. The molecule has 0 saturated carbocycles. The molecule has 0 aromatic carbocycles. The third kappa shape index (κ3) is 4.84. The monoisotopic (exact) mass is 414 g/mol. The fourth-order valence-electron chi connectivity index (χ4n) is 2.95. The fourth-order valence-corrected chi connectivity index (χ4v) is 2.95. The molecule has 0 bridgehead atoms. The maximum Gasteiger partial charge on any atom is 0.187 e. The van der Waals surface area contributed by atoms with Crippen molar-refractivity contribution in [3.05, 3.63) is 0 Å². The highest BCUT2D eigenvalue weighted by atomic mass is 16.7. The summed E-state index contributed by atoms with van der Waals surface area (Å²) in [6, 6.07) is 0. The molecule has 0 radical (unpaired) electrons. The highest BCUT2D eigenvalue weighted by Crippen LogP contribution is 2.29. The van der Waals surface area contributed by atoms with Gasteiger partial charge in [-0.3, -0.25) is 0 Å². The maximum absolute atomic E-state index is 10.8. The van der Waals surface area contributed by atoms with E-state index in [1.54, 1.807) is 0 Å². The second kappa shape index (κ2) is 10.3. The Kier molecular flexibility index (Phi) is 8.62. The minimum atomic E-state index is -1.80. The van der Waals surface area contributed by atoms with Crippen LogP contribution in [0.5, 0.6) is 0 Å². The Balaban J connectivity index is 2.17. The molecule has 0 aromatic heterocycles. The van der Waals surface area contributed by atoms with Crippen LogP contribution < -0.4 is 0 Å². The van der Waals surface area contributed by atoms with Crippen LogP contribution in [0.1, 0.15) is 0 Å². The lowest BCUT2D eigenvalue weighted by molar-refractivity contribution is -0.362. The Morgan fingerprint density at radius 3 is 1.89 bits per heavy atom. The molecule has 28 heavy (non-hydrogen) atoms. The molecule has 8 N–H and O–H groups in total. The molecule has 2 fully saturated rings. The largest absolute Gasteiger partial charge is 0.394 e. The summed E-state index contributed by atoms with van der Waals surface area (Å²) in [7, 11) is 0. The van der Waals surface area contributed by atoms with E-state index >= 15 is 0 Å². The molecule has 0 aromatic rings. The van der Waals surface area contributed by atoms with Gasteiger partial charge in [-0.2, -0.15) is 0 Å². The number of hydrogen-bond donors (Lipinski definition) is 8. The first-order valence-corrected chi connectivity index (χ1v) is 8.59. The van der Waals surface area contributed by atoms with Crippen molar-refractivity contribution in [2.45, 2.75) is 67.5 Å². The average Bonchev–Trinajstić information content (AvgIpc) is 2.70. The van der Waals surface area contributed by atoms with Crippen LogP contribution in [0.15, 0.2) is 0 Å². The second-order valence-electron chi connectivity index (χ2n) is 6.50. The Bertz CT molecular complexity index is 491. The van der Waals surface area contributed by atoms with E-state index in [9.17, 15) is 40.5 Å². The van der Waals surface area contributed by atoms with Crippen molar-refractivity contribution in [2.24, 2.45) is 0 Å². The van der Waals surface area contributed by atoms with Crippen molar-refractivity contribution in [2.75, 3.05) is 19.8 Å². The first kappa shape index (κ1) is 23.5. The minimum absolute atomic E-state index is 0.253. The van der Waals surface area contributed by atoms with E-state index in [1.807, 2.05) is 0 Å². The third-order valence-electron chi connectivity index (χ3n) is 4.60. The van der Waals surface area contributed by atoms with Crippen molar-refractivity contribution >= 4 is 6.29 Å². The molecule has 0 amide bonds. The molecular formula is C15H26O13. The van der Waals surface area contributed by atoms with Gasteiger partial charge in [0.05, 0.1) is 19.8 Å². The molecular weight excluding hydrogens is 388 g/mol. The molecule has 2 rings (SSSR count). The van der Waals surface area contributed by atoms with Gasteiger partial charge in [0.25, 0.3) is 0 Å². The maximum atomic E-state index is 10.8. The fraction of sp³-hybridized carbons (Fsp3) is 0.933. The molecule has 164 valence electrons. The summed E-state index contributed by atoms with van der Waals surface area (Å²) in [5, 5.41) is 77.9. The number of carbonyl (C=O) groups excluding carboxylic acids is 1. The average molecular weight is 414 g/mol. The van der Waals surface area contributed by atoms with Gasteiger partial charge in [0.2, 0.25) is 0 Å². The lowest BCUT2D eigenvalue weighted by atomic mass is 9.97. The number of aliphatic hydroxyl groups is 8. The lowest BCUT2D eigenvalue weighted by Crippen LogP contribution is -2.65. The van der Waals surface area contributed by atoms with Crippen LogP contribution in [0, 0.1) is 0 Å². The van der Waals surface area contributed by atoms with Gasteiger partial charge in [-0.15, -0.1) is 0 Å². The summed E-state index contributed by atoms with van der Waals surface area (Å²) in [6.07, 6.45) is -17.2. The van der Waals surface area contributed by atoms with E-state index in [1.165, 1.54) is 0 Å². The smallest absolute Gasteiger partial charge is 0.187 e. The molecule has 13 nitrogen and oxygen atoms in total. The zero-order chi connectivity index (χ0) is 21.0. The zero-order valence-corrected chi connectivity index (χ0v) is 14.7. The molecule has 2 aliphatic heterocycles. The summed E-state index contributed by atoms with van der Waals surface area (Å²) in [5.74, 6) is 0. The quantitative estimate of drug-likeness (QED) is 0.174. The molecule has 2 aliphatic rings. The van der Waals surface area contributed by atoms with Crippen LogP contribution in [0.3, 0.4) is 0 Å². The van der Waals surface area contributed by atoms with Gasteiger partial charge >= 0.3 is 0 Å². The highest BCUT2D eigenvalue weighted by molar-refractivity contribution is 5.56. The Hall–Kier alpha value is -0.810. The SMILES string of the molecule is O=CC(CO)O[C@H]1O[C@H](CO)[C@@H](O)[C@H](O[C@@H]2O[C@H](CO)[C@H](O)[C@H](O)[C@H]2O)[C@@H]1O. The van der Waals surface area contributed by atoms with E-state index in [4.69, 9.17) is 24.1 Å². The first-order chi connectivity index (χ1) is 13.3. The Morgan fingerprint density at radius 1 is 0.786 bits per heavy atom. The van der Waals surface area contributed by atoms with Crippen LogP contribution in [0.4, 0.5) is 0 Å². The number of hydrogen-bond acceptors (Lipinski definition) is 13. The number of ether oxygens (including phenoxy) is 4. The van der Waals surface area contributed by atoms with E-state index in [2.05, 4.69) is 0 Å². The molecule has 2 heterocycles. The normalized spacial score (nSPS) is 45.6. The van der Waals surface area contributed by atoms with Gasteiger partial charge in [0.15, 0.2) is 18.9 Å². The molecule has 0 spiro atoms. The second-order valence-corrected chi connectivity index (χ2v) is 6.50. The Morgan fingerprint density at radius 2 is 1.36 bits per heavy atom. The molecule has 11 atom stereocenters. The summed E-state index contributed by atoms with van der Waals surface area (Å²) in [5.41, 5.74) is 0. The van der Waals surface area contributed by atoms with Crippen LogP contribution in [0.2, 0.25) is 0 Å². The predicted octanol–water partition coefficient (Wildman–Crippen LogP) is -5.81. The van der Waals surface area contributed by atoms with Crippen molar-refractivity contribution in [1.29, 1.82) is 0 Å². The van der Waals surface area contributed by atoms with Crippen molar-refractivity contribution in [1.82, 2.24) is 0 Å². The molecule has 1 unspecified atom stereocenters. The number of aldehydes is 1. The number of carbonyl (C=O) groups is 1. The number of aliphatic hydroxyl groups excluding tert-OH is 8. The number of rotatable bonds is 8. The van der Waals surface area contributed by atoms with E-state index in [0.29, 0.717) is 0 Å². The summed E-state index contributed by atoms with van der Waals surface area (Å²) in [4.78, 5) is 10.8. The lowest BCUT2D eigenvalue weighted by Gasteiger charge is -2.46. The van der Waals surface area contributed by atoms with E-state index < -0.39 is 87.3 Å². The van der Waals surface area contributed by atoms with Crippen LogP contribution in [-0.2, 0) is 23.7 Å². The Labute approximate surface area is 159 Å². The molecule has 13 heteroatoms. The van der Waals surface area contributed by atoms with Crippen LogP contribution in [0.25, 0.3) is 0 Å². The van der Waals surface area contributed by atoms with Gasteiger partial charge in [0.1, 0.15) is 54.9 Å². The zero-order valence-electron chi connectivity index (χ0n) is 14.7. The van der Waals surface area contributed by atoms with Crippen molar-refractivity contribution in [3.63, 3.8) is 0 Å². The van der Waals surface area contributed by atoms with Gasteiger partial charge < -0.3 is 64.6 Å². The summed E-state index contributed by atoms with van der Waals surface area (Å²) >= 11 is 0. The molecule has 2 saturated heterocycles. The van der Waals surface area contributed by atoms with E-state index in [0.717, 1.165) is 0 Å². The first-order valence-electron chi connectivity index (χ1n) is 8.59. The standard InChI is InChI=1S/C15H26O13/c16-1-5(2-17)25-15-12(24)13(9(21)7(4-19)27-15)28-14-11(23)10(22)8(20)6(3-18)26-14/h1,5-15,17-24H,2-4H2/t5?,6-,7-,8+,9-,10+,11-,12+,13+,14+,15+/m1/s1. The van der Waals surface area contributed by atoms with Gasteiger partial charge in [-0.05, 0) is 0 Å². The van der Waals surface area contributed by atoms with Crippen LogP contribution >= 0.6 is 0 Å². The van der Waals surface area contributed by atoms with Gasteiger partial charge in [-0.25, -0.2) is 0 Å². The highest BCUT2D eigenvalue weighted by Gasteiger charge is 2.51. The van der Waals surface area contributed by atoms with Gasteiger partial charge in [-0.1, -0.05) is 0 Å². The minimum Gasteiger partial charge on any atom is -0.394 e. The van der Waals surface area contributed by atoms with Crippen LogP contribution in [-0.4, -0.2) is 134 Å².